The molecule has 0 aromatic heterocycles. The lowest BCUT2D eigenvalue weighted by Crippen LogP contribution is -3.18. The average molecular weight is 272 g/mol. The Hall–Kier alpha value is -1.54. The van der Waals surface area contributed by atoms with Gasteiger partial charge in [0, 0.05) is 21.8 Å². The van der Waals surface area contributed by atoms with Crippen LogP contribution in [0.15, 0.2) is 11.6 Å². The summed E-state index contributed by atoms with van der Waals surface area (Å²) in [7, 11) is 0. The Morgan fingerprint density at radius 2 is 2.05 bits per heavy atom. The van der Waals surface area contributed by atoms with Crippen molar-refractivity contribution in [1.82, 2.24) is 0 Å². The summed E-state index contributed by atoms with van der Waals surface area (Å²) in [5.41, 5.74) is -2.02. The highest BCUT2D eigenvalue weighted by molar-refractivity contribution is 5.23. The van der Waals surface area contributed by atoms with Gasteiger partial charge in [-0.3, -0.25) is 20.2 Å². The highest BCUT2D eigenvalue weighted by Crippen LogP contribution is 2.40. The predicted octanol–water partition coefficient (Wildman–Crippen LogP) is -1.35. The molecule has 19 heavy (non-hydrogen) atoms. The molecule has 1 heterocycles. The van der Waals surface area contributed by atoms with Gasteiger partial charge in [0.2, 0.25) is 0 Å². The number of nitrogens with one attached hydrogen (secondary N) is 1. The van der Waals surface area contributed by atoms with Gasteiger partial charge in [0.1, 0.15) is 19.5 Å². The molecule has 0 amide bonds. The van der Waals surface area contributed by atoms with Crippen molar-refractivity contribution >= 4 is 0 Å². The van der Waals surface area contributed by atoms with Gasteiger partial charge in [0.05, 0.1) is 6.61 Å². The predicted molar refractivity (Wildman–Crippen MR) is 65.1 cm³/mol. The first-order chi connectivity index (χ1) is 8.86. The van der Waals surface area contributed by atoms with Gasteiger partial charge in [-0.1, -0.05) is 6.08 Å². The van der Waals surface area contributed by atoms with Crippen molar-refractivity contribution < 1.29 is 19.9 Å². The van der Waals surface area contributed by atoms with Gasteiger partial charge in [-0.05, 0) is 6.92 Å². The van der Waals surface area contributed by atoms with Gasteiger partial charge < -0.3 is 10.0 Å². The third kappa shape index (κ3) is 2.00. The smallest absolute Gasteiger partial charge is 0.297 e. The molecule has 2 aliphatic rings. The van der Waals surface area contributed by atoms with Crippen LogP contribution < -0.4 is 4.90 Å². The summed E-state index contributed by atoms with van der Waals surface area (Å²) in [6.07, 6.45) is 1.83. The van der Waals surface area contributed by atoms with Gasteiger partial charge in [0.15, 0.2) is 6.54 Å². The number of quaternary nitrogens is 1. The van der Waals surface area contributed by atoms with Crippen molar-refractivity contribution in [1.29, 1.82) is 0 Å². The quantitative estimate of drug-likeness (QED) is 0.373. The topological polar surface area (TPSA) is 111 Å². The third-order valence-electron chi connectivity index (χ3n) is 4.47. The molecule has 1 unspecified atom stereocenters. The summed E-state index contributed by atoms with van der Waals surface area (Å²) in [4.78, 5) is 22.8. The molecule has 0 saturated carbocycles. The van der Waals surface area contributed by atoms with E-state index >= 15 is 0 Å². The molecule has 0 aromatic rings. The van der Waals surface area contributed by atoms with Crippen LogP contribution in [0, 0.1) is 20.2 Å². The summed E-state index contributed by atoms with van der Waals surface area (Å²) >= 11 is 0. The Balaban J connectivity index is 2.46. The van der Waals surface area contributed by atoms with Gasteiger partial charge in [-0.15, -0.1) is 0 Å². The number of nitrogens with zero attached hydrogens (tertiary/aromatic N) is 2. The summed E-state index contributed by atoms with van der Waals surface area (Å²) in [6.45, 7) is 2.30. The molecule has 3 atom stereocenters. The van der Waals surface area contributed by atoms with Crippen LogP contribution in [-0.2, 0) is 0 Å². The molecule has 8 heteroatoms. The van der Waals surface area contributed by atoms with Crippen LogP contribution in [0.25, 0.3) is 0 Å². The molecule has 0 aromatic carbocycles. The number of fused-ring (bicyclic) bond motifs is 2. The Morgan fingerprint density at radius 3 is 2.58 bits per heavy atom. The zero-order valence-electron chi connectivity index (χ0n) is 10.8. The fourth-order valence-corrected chi connectivity index (χ4v) is 3.38. The molecule has 1 aliphatic carbocycles. The largest absolute Gasteiger partial charge is 0.391 e. The maximum absolute atomic E-state index is 11.5. The van der Waals surface area contributed by atoms with E-state index in [2.05, 4.69) is 0 Å². The van der Waals surface area contributed by atoms with E-state index in [9.17, 15) is 20.2 Å². The van der Waals surface area contributed by atoms with Crippen LogP contribution in [0.4, 0.5) is 0 Å². The van der Waals surface area contributed by atoms with Crippen LogP contribution in [0.3, 0.4) is 0 Å². The summed E-state index contributed by atoms with van der Waals surface area (Å²) in [5, 5.41) is 31.9. The third-order valence-corrected chi connectivity index (χ3v) is 4.47. The standard InChI is InChI=1S/C11H17N3O5/c1-9-2-3-10(13(16)17)6-11(9,14(18)19)8-12(7-10)4-5-15/h2,15H,3-8H2,1H3/p+1/t10-,11-/m1/s1. The van der Waals surface area contributed by atoms with E-state index in [0.717, 1.165) is 4.90 Å². The second kappa shape index (κ2) is 4.53. The first kappa shape index (κ1) is 13.9. The second-order valence-corrected chi connectivity index (χ2v) is 5.62. The first-order valence-electron chi connectivity index (χ1n) is 6.27. The number of rotatable bonds is 4. The van der Waals surface area contributed by atoms with Crippen LogP contribution in [0.2, 0.25) is 0 Å². The van der Waals surface area contributed by atoms with Crippen molar-refractivity contribution in [2.24, 2.45) is 0 Å². The van der Waals surface area contributed by atoms with E-state index in [4.69, 9.17) is 5.11 Å². The minimum atomic E-state index is -1.35. The maximum atomic E-state index is 11.5. The van der Waals surface area contributed by atoms with Crippen LogP contribution >= 0.6 is 0 Å². The summed E-state index contributed by atoms with van der Waals surface area (Å²) < 4.78 is 0. The van der Waals surface area contributed by atoms with Crippen molar-refractivity contribution in [3.63, 3.8) is 0 Å². The number of piperidine rings is 1. The van der Waals surface area contributed by atoms with Crippen molar-refractivity contribution in [3.8, 4) is 0 Å². The Morgan fingerprint density at radius 1 is 1.37 bits per heavy atom. The van der Waals surface area contributed by atoms with Crippen LogP contribution in [0.1, 0.15) is 19.8 Å². The molecule has 2 N–H and O–H groups in total. The normalized spacial score (nSPS) is 37.6. The SMILES string of the molecule is CC1=CC[C@]2([N+](=O)[O-])C[NH+](CCO)C[C@]1([N+](=O)[O-])C2. The Bertz CT molecular complexity index is 452. The van der Waals surface area contributed by atoms with Crippen LogP contribution in [-0.4, -0.2) is 52.3 Å². The summed E-state index contributed by atoms with van der Waals surface area (Å²) in [6, 6.07) is 0. The minimum Gasteiger partial charge on any atom is -0.391 e. The fourth-order valence-electron chi connectivity index (χ4n) is 3.38. The highest BCUT2D eigenvalue weighted by atomic mass is 16.6. The van der Waals surface area contributed by atoms with Crippen molar-refractivity contribution in [2.75, 3.05) is 26.2 Å². The number of hydrogen-bond donors (Lipinski definition) is 2. The van der Waals surface area contributed by atoms with Gasteiger partial charge in [0.25, 0.3) is 11.1 Å². The van der Waals surface area contributed by atoms with E-state index in [1.165, 1.54) is 0 Å². The number of hydrogen-bond acceptors (Lipinski definition) is 5. The molecule has 1 saturated heterocycles. The van der Waals surface area contributed by atoms with Gasteiger partial charge >= 0.3 is 0 Å². The maximum Gasteiger partial charge on any atom is 0.297 e. The summed E-state index contributed by atoms with van der Waals surface area (Å²) in [5.74, 6) is 0. The lowest BCUT2D eigenvalue weighted by molar-refractivity contribution is -0.943. The van der Waals surface area contributed by atoms with E-state index < -0.39 is 11.1 Å². The monoisotopic (exact) mass is 272 g/mol. The number of likely N-dealkylation sites (tertiary alicyclic amines) is 1. The average Bonchev–Trinajstić information content (AvgIpc) is 2.34. The molecule has 2 rings (SSSR count). The number of nitro groups is 2. The van der Waals surface area contributed by atoms with Crippen molar-refractivity contribution in [2.45, 2.75) is 30.8 Å². The molecule has 0 spiro atoms. The highest BCUT2D eigenvalue weighted by Gasteiger charge is 2.67. The number of aliphatic hydroxyl groups excluding tert-OH is 1. The lowest BCUT2D eigenvalue weighted by Gasteiger charge is -2.43. The van der Waals surface area contributed by atoms with E-state index in [-0.39, 0.29) is 42.4 Å². The van der Waals surface area contributed by atoms with Crippen molar-refractivity contribution in [3.05, 3.63) is 31.9 Å². The van der Waals surface area contributed by atoms with Gasteiger partial charge in [-0.25, -0.2) is 0 Å². The molecule has 1 fully saturated rings. The zero-order valence-corrected chi connectivity index (χ0v) is 10.8. The van der Waals surface area contributed by atoms with Gasteiger partial charge in [-0.2, -0.15) is 0 Å². The molecule has 1 aliphatic heterocycles. The molecular formula is C11H18N3O5+. The van der Waals surface area contributed by atoms with E-state index in [1.54, 1.807) is 13.0 Å². The Kier molecular flexibility index (Phi) is 3.31. The molecule has 8 nitrogen and oxygen atoms in total. The molecule has 106 valence electrons. The van der Waals surface area contributed by atoms with E-state index in [0.29, 0.717) is 12.1 Å². The fraction of sp³-hybridized carbons (Fsp3) is 0.818. The molecule has 0 radical (unpaired) electrons. The lowest BCUT2D eigenvalue weighted by atomic mass is 9.68. The Labute approximate surface area is 110 Å². The second-order valence-electron chi connectivity index (χ2n) is 5.62. The molecular weight excluding hydrogens is 254 g/mol. The van der Waals surface area contributed by atoms with E-state index in [1.807, 2.05) is 0 Å². The zero-order chi connectivity index (χ0) is 14.3. The van der Waals surface area contributed by atoms with Crippen LogP contribution in [0.5, 0.6) is 0 Å². The number of aliphatic hydroxyl groups is 1. The first-order valence-corrected chi connectivity index (χ1v) is 6.27. The molecule has 2 bridgehead atoms. The minimum absolute atomic E-state index is 0.0444.